The maximum atomic E-state index is 13.8. The third kappa shape index (κ3) is 4.88. The standard InChI is InChI=1S/C23H28N4O2/c1-5-27(16(2)3)23(28)22(19-12-9-13-24-15-19)20(18-10-7-6-8-11-18)14-21-25-17(4)26-29-21/h6-13,15-16,20,22H,5,14H2,1-4H3. The molecule has 0 aliphatic heterocycles. The smallest absolute Gasteiger partial charge is 0.231 e. The van der Waals surface area contributed by atoms with Crippen molar-refractivity contribution in [2.75, 3.05) is 6.54 Å². The summed E-state index contributed by atoms with van der Waals surface area (Å²) in [6.07, 6.45) is 3.99. The predicted octanol–water partition coefficient (Wildman–Crippen LogP) is 4.14. The summed E-state index contributed by atoms with van der Waals surface area (Å²) in [6.45, 7) is 8.54. The predicted molar refractivity (Wildman–Crippen MR) is 111 cm³/mol. The van der Waals surface area contributed by atoms with E-state index in [1.165, 1.54) is 0 Å². The number of benzene rings is 1. The average Bonchev–Trinajstić information content (AvgIpc) is 3.14. The van der Waals surface area contributed by atoms with Gasteiger partial charge in [0.05, 0.1) is 5.92 Å². The fourth-order valence-corrected chi connectivity index (χ4v) is 3.80. The monoisotopic (exact) mass is 392 g/mol. The number of amides is 1. The van der Waals surface area contributed by atoms with Gasteiger partial charge in [0, 0.05) is 37.3 Å². The van der Waals surface area contributed by atoms with Gasteiger partial charge in [0.15, 0.2) is 5.82 Å². The van der Waals surface area contributed by atoms with Crippen LogP contribution in [0.1, 0.15) is 55.4 Å². The van der Waals surface area contributed by atoms with Crippen LogP contribution in [0.25, 0.3) is 0 Å². The van der Waals surface area contributed by atoms with Crippen molar-refractivity contribution < 1.29 is 9.32 Å². The Morgan fingerprint density at radius 1 is 1.10 bits per heavy atom. The van der Waals surface area contributed by atoms with Crippen LogP contribution in [0.2, 0.25) is 0 Å². The van der Waals surface area contributed by atoms with E-state index in [9.17, 15) is 4.79 Å². The minimum Gasteiger partial charge on any atom is -0.340 e. The Balaban J connectivity index is 2.10. The summed E-state index contributed by atoms with van der Waals surface area (Å²) in [7, 11) is 0. The molecular weight excluding hydrogens is 364 g/mol. The van der Waals surface area contributed by atoms with Crippen LogP contribution in [0.3, 0.4) is 0 Å². The van der Waals surface area contributed by atoms with Crippen molar-refractivity contribution >= 4 is 5.91 Å². The molecule has 3 aromatic rings. The Kier molecular flexibility index (Phi) is 6.75. The number of carbonyl (C=O) groups excluding carboxylic acids is 1. The maximum absolute atomic E-state index is 13.8. The van der Waals surface area contributed by atoms with E-state index in [-0.39, 0.29) is 17.9 Å². The van der Waals surface area contributed by atoms with Gasteiger partial charge in [0.25, 0.3) is 0 Å². The molecule has 1 amide bonds. The molecule has 2 unspecified atom stereocenters. The zero-order chi connectivity index (χ0) is 20.8. The molecule has 0 bridgehead atoms. The van der Waals surface area contributed by atoms with Gasteiger partial charge < -0.3 is 9.42 Å². The first kappa shape index (κ1) is 20.7. The highest BCUT2D eigenvalue weighted by Crippen LogP contribution is 2.37. The van der Waals surface area contributed by atoms with E-state index in [0.29, 0.717) is 24.7 Å². The quantitative estimate of drug-likeness (QED) is 0.576. The van der Waals surface area contributed by atoms with Crippen molar-refractivity contribution in [2.45, 2.75) is 52.0 Å². The van der Waals surface area contributed by atoms with Crippen molar-refractivity contribution in [3.63, 3.8) is 0 Å². The van der Waals surface area contributed by atoms with Crippen LogP contribution in [-0.2, 0) is 11.2 Å². The highest BCUT2D eigenvalue weighted by molar-refractivity contribution is 5.85. The number of rotatable bonds is 8. The molecule has 29 heavy (non-hydrogen) atoms. The van der Waals surface area contributed by atoms with E-state index in [1.54, 1.807) is 19.3 Å². The summed E-state index contributed by atoms with van der Waals surface area (Å²) < 4.78 is 5.41. The van der Waals surface area contributed by atoms with Crippen molar-refractivity contribution in [3.8, 4) is 0 Å². The molecule has 0 fully saturated rings. The first-order valence-electron chi connectivity index (χ1n) is 10.1. The van der Waals surface area contributed by atoms with Gasteiger partial charge in [-0.15, -0.1) is 0 Å². The Labute approximate surface area is 172 Å². The van der Waals surface area contributed by atoms with Crippen LogP contribution in [0.4, 0.5) is 0 Å². The molecule has 0 radical (unpaired) electrons. The van der Waals surface area contributed by atoms with Crippen LogP contribution in [0, 0.1) is 6.92 Å². The molecule has 2 aromatic heterocycles. The Morgan fingerprint density at radius 3 is 2.38 bits per heavy atom. The number of likely N-dealkylation sites (N-methyl/N-ethyl adjacent to an activating group) is 1. The van der Waals surface area contributed by atoms with Crippen LogP contribution in [0.5, 0.6) is 0 Å². The minimum absolute atomic E-state index is 0.0839. The second-order valence-electron chi connectivity index (χ2n) is 7.44. The zero-order valence-corrected chi connectivity index (χ0v) is 17.4. The molecule has 0 saturated heterocycles. The lowest BCUT2D eigenvalue weighted by Gasteiger charge is -2.33. The van der Waals surface area contributed by atoms with Crippen molar-refractivity contribution in [1.29, 1.82) is 0 Å². The van der Waals surface area contributed by atoms with Crippen LogP contribution < -0.4 is 0 Å². The molecule has 2 atom stereocenters. The number of carbonyl (C=O) groups is 1. The van der Waals surface area contributed by atoms with Gasteiger partial charge in [-0.25, -0.2) is 0 Å². The van der Waals surface area contributed by atoms with Crippen molar-refractivity contribution in [1.82, 2.24) is 20.0 Å². The van der Waals surface area contributed by atoms with Gasteiger partial charge in [-0.05, 0) is 44.9 Å². The second-order valence-corrected chi connectivity index (χ2v) is 7.44. The lowest BCUT2D eigenvalue weighted by atomic mass is 9.78. The molecule has 0 aliphatic carbocycles. The number of hydrogen-bond acceptors (Lipinski definition) is 5. The third-order valence-electron chi connectivity index (χ3n) is 5.15. The topological polar surface area (TPSA) is 72.1 Å². The molecule has 0 N–H and O–H groups in total. The van der Waals surface area contributed by atoms with E-state index in [1.807, 2.05) is 56.0 Å². The van der Waals surface area contributed by atoms with Gasteiger partial charge in [0.1, 0.15) is 0 Å². The van der Waals surface area contributed by atoms with Crippen LogP contribution >= 0.6 is 0 Å². The first-order valence-corrected chi connectivity index (χ1v) is 10.1. The molecule has 6 heteroatoms. The maximum Gasteiger partial charge on any atom is 0.231 e. The molecule has 152 valence electrons. The van der Waals surface area contributed by atoms with E-state index in [0.717, 1.165) is 11.1 Å². The Bertz CT molecular complexity index is 909. The van der Waals surface area contributed by atoms with Gasteiger partial charge in [-0.1, -0.05) is 41.6 Å². The Morgan fingerprint density at radius 2 is 1.83 bits per heavy atom. The Hall–Kier alpha value is -3.02. The molecule has 0 saturated carbocycles. The average molecular weight is 393 g/mol. The van der Waals surface area contributed by atoms with Crippen molar-refractivity contribution in [2.24, 2.45) is 0 Å². The van der Waals surface area contributed by atoms with Crippen LogP contribution in [-0.4, -0.2) is 38.5 Å². The molecule has 3 rings (SSSR count). The van der Waals surface area contributed by atoms with Gasteiger partial charge in [-0.3, -0.25) is 9.78 Å². The van der Waals surface area contributed by atoms with Crippen molar-refractivity contribution in [3.05, 3.63) is 77.7 Å². The highest BCUT2D eigenvalue weighted by atomic mass is 16.5. The van der Waals surface area contributed by atoms with E-state index in [4.69, 9.17) is 4.52 Å². The fraction of sp³-hybridized carbons (Fsp3) is 0.391. The first-order chi connectivity index (χ1) is 14.0. The van der Waals surface area contributed by atoms with E-state index < -0.39 is 5.92 Å². The van der Waals surface area contributed by atoms with Crippen LogP contribution in [0.15, 0.2) is 59.4 Å². The summed E-state index contributed by atoms with van der Waals surface area (Å²) in [5, 5.41) is 3.93. The van der Waals surface area contributed by atoms with E-state index >= 15 is 0 Å². The summed E-state index contributed by atoms with van der Waals surface area (Å²) in [4.78, 5) is 24.3. The minimum atomic E-state index is -0.402. The third-order valence-corrected chi connectivity index (χ3v) is 5.15. The normalized spacial score (nSPS) is 13.3. The summed E-state index contributed by atoms with van der Waals surface area (Å²) >= 11 is 0. The summed E-state index contributed by atoms with van der Waals surface area (Å²) in [5.41, 5.74) is 1.95. The number of nitrogens with zero attached hydrogens (tertiary/aromatic N) is 4. The molecular formula is C23H28N4O2. The number of aromatic nitrogens is 3. The highest BCUT2D eigenvalue weighted by Gasteiger charge is 2.36. The van der Waals surface area contributed by atoms with Gasteiger partial charge in [-0.2, -0.15) is 4.98 Å². The fourth-order valence-electron chi connectivity index (χ4n) is 3.80. The largest absolute Gasteiger partial charge is 0.340 e. The van der Waals surface area contributed by atoms with Gasteiger partial charge in [0.2, 0.25) is 11.8 Å². The number of hydrogen-bond donors (Lipinski definition) is 0. The summed E-state index contributed by atoms with van der Waals surface area (Å²) in [6, 6.07) is 14.0. The number of aryl methyl sites for hydroxylation is 1. The molecule has 2 heterocycles. The second kappa shape index (κ2) is 9.45. The SMILES string of the molecule is CCN(C(=O)C(c1cccnc1)C(Cc1nc(C)no1)c1ccccc1)C(C)C. The zero-order valence-electron chi connectivity index (χ0n) is 17.4. The lowest BCUT2D eigenvalue weighted by Crippen LogP contribution is -2.42. The molecule has 1 aromatic carbocycles. The van der Waals surface area contributed by atoms with E-state index in [2.05, 4.69) is 27.3 Å². The van der Waals surface area contributed by atoms with Gasteiger partial charge >= 0.3 is 0 Å². The number of pyridine rings is 1. The molecule has 6 nitrogen and oxygen atoms in total. The molecule has 0 spiro atoms. The lowest BCUT2D eigenvalue weighted by molar-refractivity contribution is -0.135. The molecule has 0 aliphatic rings. The summed E-state index contributed by atoms with van der Waals surface area (Å²) in [5.74, 6) is 0.654.